The molecular weight excluding hydrogens is 464 g/mol. The number of methoxy groups -OCH3 is 1. The van der Waals surface area contributed by atoms with Gasteiger partial charge in [0.15, 0.2) is 0 Å². The van der Waals surface area contributed by atoms with Crippen molar-refractivity contribution < 1.29 is 19.1 Å². The Balaban J connectivity index is 1.53. The monoisotopic (exact) mass is 492 g/mol. The number of anilines is 1. The van der Waals surface area contributed by atoms with E-state index in [1.54, 1.807) is 49.4 Å². The molecule has 182 valence electrons. The van der Waals surface area contributed by atoms with Crippen molar-refractivity contribution in [2.75, 3.05) is 38.8 Å². The molecule has 2 amide bonds. The van der Waals surface area contributed by atoms with Crippen molar-refractivity contribution in [3.05, 3.63) is 94.5 Å². The molecule has 35 heavy (non-hydrogen) atoms. The lowest BCUT2D eigenvalue weighted by atomic mass is 9.73. The van der Waals surface area contributed by atoms with Crippen molar-refractivity contribution >= 4 is 29.1 Å². The van der Waals surface area contributed by atoms with Crippen molar-refractivity contribution in [2.45, 2.75) is 18.3 Å². The Hall–Kier alpha value is -3.35. The third kappa shape index (κ3) is 5.50. The molecule has 7 heteroatoms. The maximum Gasteiger partial charge on any atom is 0.258 e. The smallest absolute Gasteiger partial charge is 0.258 e. The third-order valence-corrected chi connectivity index (χ3v) is 6.83. The van der Waals surface area contributed by atoms with Crippen LogP contribution in [0.3, 0.4) is 0 Å². The molecular formula is C28H29ClN2O4. The van der Waals surface area contributed by atoms with Gasteiger partial charge in [0.2, 0.25) is 0 Å². The van der Waals surface area contributed by atoms with Gasteiger partial charge in [-0.3, -0.25) is 9.59 Å². The number of carbonyl (C=O) groups excluding carboxylic acids is 2. The Morgan fingerprint density at radius 2 is 1.71 bits per heavy atom. The molecule has 0 radical (unpaired) electrons. The van der Waals surface area contributed by atoms with Gasteiger partial charge in [-0.25, -0.2) is 0 Å². The molecule has 6 nitrogen and oxygen atoms in total. The van der Waals surface area contributed by atoms with Gasteiger partial charge >= 0.3 is 0 Å². The number of halogens is 1. The third-order valence-electron chi connectivity index (χ3n) is 6.59. The van der Waals surface area contributed by atoms with E-state index in [4.69, 9.17) is 21.1 Å². The first-order chi connectivity index (χ1) is 16.9. The fourth-order valence-corrected chi connectivity index (χ4v) is 4.68. The van der Waals surface area contributed by atoms with E-state index in [1.165, 1.54) is 0 Å². The molecule has 1 aliphatic heterocycles. The zero-order valence-electron chi connectivity index (χ0n) is 19.9. The highest BCUT2D eigenvalue weighted by atomic mass is 35.5. The van der Waals surface area contributed by atoms with E-state index in [-0.39, 0.29) is 17.2 Å². The summed E-state index contributed by atoms with van der Waals surface area (Å²) in [7, 11) is 3.35. The van der Waals surface area contributed by atoms with Crippen molar-refractivity contribution in [3.8, 4) is 5.75 Å². The van der Waals surface area contributed by atoms with Crippen LogP contribution in [0, 0.1) is 0 Å². The Bertz CT molecular complexity index is 1190. The molecule has 0 unspecified atom stereocenters. The Labute approximate surface area is 210 Å². The molecule has 1 aliphatic rings. The van der Waals surface area contributed by atoms with Crippen molar-refractivity contribution in [2.24, 2.45) is 0 Å². The number of amides is 2. The van der Waals surface area contributed by atoms with Crippen LogP contribution in [0.1, 0.15) is 39.1 Å². The number of hydrogen-bond donors (Lipinski definition) is 1. The van der Waals surface area contributed by atoms with Gasteiger partial charge in [-0.05, 0) is 61.4 Å². The molecule has 3 aromatic carbocycles. The lowest BCUT2D eigenvalue weighted by Crippen LogP contribution is -2.44. The Morgan fingerprint density at radius 1 is 1.00 bits per heavy atom. The SMILES string of the molecule is COc1ccc(Cl)cc1C1(CNC(=O)c2cccc(C(=O)N(C)c3ccccc3)c2)CCOCC1. The van der Waals surface area contributed by atoms with Crippen molar-refractivity contribution in [3.63, 3.8) is 0 Å². The second-order valence-corrected chi connectivity index (χ2v) is 9.14. The van der Waals surface area contributed by atoms with E-state index in [0.717, 1.165) is 29.8 Å². The van der Waals surface area contributed by atoms with E-state index < -0.39 is 0 Å². The summed E-state index contributed by atoms with van der Waals surface area (Å²) in [5.41, 5.74) is 2.25. The number of rotatable bonds is 7. The molecule has 0 aromatic heterocycles. The van der Waals surface area contributed by atoms with Crippen LogP contribution >= 0.6 is 11.6 Å². The van der Waals surface area contributed by atoms with Crippen LogP contribution in [0.15, 0.2) is 72.8 Å². The van der Waals surface area contributed by atoms with Gasteiger partial charge in [-0.1, -0.05) is 35.9 Å². The number of nitrogens with zero attached hydrogens (tertiary/aromatic N) is 1. The molecule has 1 saturated heterocycles. The zero-order valence-corrected chi connectivity index (χ0v) is 20.7. The molecule has 1 fully saturated rings. The summed E-state index contributed by atoms with van der Waals surface area (Å²) in [5.74, 6) is 0.311. The number of benzene rings is 3. The molecule has 1 N–H and O–H groups in total. The van der Waals surface area contributed by atoms with Crippen LogP contribution in [-0.4, -0.2) is 45.7 Å². The second-order valence-electron chi connectivity index (χ2n) is 8.70. The second kappa shape index (κ2) is 10.9. The lowest BCUT2D eigenvalue weighted by Gasteiger charge is -2.38. The molecule has 0 bridgehead atoms. The summed E-state index contributed by atoms with van der Waals surface area (Å²) in [6, 6.07) is 21.7. The predicted octanol–water partition coefficient (Wildman–Crippen LogP) is 5.10. The van der Waals surface area contributed by atoms with E-state index in [2.05, 4.69) is 5.32 Å². The first kappa shape index (κ1) is 24.8. The topological polar surface area (TPSA) is 67.9 Å². The predicted molar refractivity (Wildman–Crippen MR) is 138 cm³/mol. The highest BCUT2D eigenvalue weighted by Crippen LogP contribution is 2.40. The van der Waals surface area contributed by atoms with Gasteiger partial charge in [-0.2, -0.15) is 0 Å². The fourth-order valence-electron chi connectivity index (χ4n) is 4.51. The largest absolute Gasteiger partial charge is 0.496 e. The first-order valence-electron chi connectivity index (χ1n) is 11.6. The Morgan fingerprint density at radius 3 is 2.43 bits per heavy atom. The quantitative estimate of drug-likeness (QED) is 0.498. The van der Waals surface area contributed by atoms with E-state index in [1.807, 2.05) is 42.5 Å². The summed E-state index contributed by atoms with van der Waals surface area (Å²) in [6.07, 6.45) is 1.45. The average Bonchev–Trinajstić information content (AvgIpc) is 2.92. The van der Waals surface area contributed by atoms with Gasteiger partial charge in [-0.15, -0.1) is 0 Å². The highest BCUT2D eigenvalue weighted by Gasteiger charge is 2.37. The van der Waals surface area contributed by atoms with E-state index in [0.29, 0.717) is 35.9 Å². The van der Waals surface area contributed by atoms with E-state index in [9.17, 15) is 9.59 Å². The molecule has 0 spiro atoms. The Kier molecular flexibility index (Phi) is 7.73. The van der Waals surface area contributed by atoms with Crippen LogP contribution in [0.25, 0.3) is 0 Å². The van der Waals surface area contributed by atoms with Gasteiger partial charge in [0, 0.05) is 59.6 Å². The average molecular weight is 493 g/mol. The minimum Gasteiger partial charge on any atom is -0.496 e. The van der Waals surface area contributed by atoms with Crippen molar-refractivity contribution in [1.29, 1.82) is 0 Å². The summed E-state index contributed by atoms with van der Waals surface area (Å²) in [5, 5.41) is 3.71. The van der Waals surface area contributed by atoms with Gasteiger partial charge in [0.1, 0.15) is 5.75 Å². The molecule has 1 heterocycles. The van der Waals surface area contributed by atoms with E-state index >= 15 is 0 Å². The fraction of sp³-hybridized carbons (Fsp3) is 0.286. The number of carbonyl (C=O) groups is 2. The first-order valence-corrected chi connectivity index (χ1v) is 11.9. The van der Waals surface area contributed by atoms with Crippen LogP contribution in [-0.2, 0) is 10.2 Å². The summed E-state index contributed by atoms with van der Waals surface area (Å²) in [4.78, 5) is 27.8. The summed E-state index contributed by atoms with van der Waals surface area (Å²) < 4.78 is 11.2. The minimum absolute atomic E-state index is 0.185. The number of nitrogens with one attached hydrogen (secondary N) is 1. The van der Waals surface area contributed by atoms with Crippen LogP contribution in [0.4, 0.5) is 5.69 Å². The zero-order chi connectivity index (χ0) is 24.8. The van der Waals surface area contributed by atoms with Gasteiger partial charge in [0.05, 0.1) is 7.11 Å². The van der Waals surface area contributed by atoms with Gasteiger partial charge in [0.25, 0.3) is 11.8 Å². The highest BCUT2D eigenvalue weighted by molar-refractivity contribution is 6.30. The maximum absolute atomic E-state index is 13.2. The van der Waals surface area contributed by atoms with Gasteiger partial charge < -0.3 is 19.7 Å². The molecule has 4 rings (SSSR count). The molecule has 3 aromatic rings. The summed E-state index contributed by atoms with van der Waals surface area (Å²) >= 11 is 6.32. The normalized spacial score (nSPS) is 14.7. The van der Waals surface area contributed by atoms with Crippen LogP contribution in [0.5, 0.6) is 5.75 Å². The molecule has 0 saturated carbocycles. The molecule has 0 aliphatic carbocycles. The number of para-hydroxylation sites is 1. The molecule has 0 atom stereocenters. The lowest BCUT2D eigenvalue weighted by molar-refractivity contribution is 0.0479. The maximum atomic E-state index is 13.2. The standard InChI is InChI=1S/C28H29ClN2O4/c1-31(23-9-4-3-5-10-23)27(33)21-8-6-7-20(17-21)26(32)30-19-28(13-15-35-16-14-28)24-18-22(29)11-12-25(24)34-2/h3-12,17-18H,13-16,19H2,1-2H3,(H,30,32). The number of ether oxygens (including phenoxy) is 2. The summed E-state index contributed by atoms with van der Waals surface area (Å²) in [6.45, 7) is 1.57. The van der Waals surface area contributed by atoms with Crippen LogP contribution < -0.4 is 15.0 Å². The van der Waals surface area contributed by atoms with Crippen LogP contribution in [0.2, 0.25) is 5.02 Å². The minimum atomic E-state index is -0.370. The van der Waals surface area contributed by atoms with Crippen molar-refractivity contribution in [1.82, 2.24) is 5.32 Å². The number of hydrogen-bond acceptors (Lipinski definition) is 4.